The quantitative estimate of drug-likeness (QED) is 0.226. The summed E-state index contributed by atoms with van der Waals surface area (Å²) in [5.74, 6) is -1.27. The third-order valence-corrected chi connectivity index (χ3v) is 6.19. The Hall–Kier alpha value is -3.61. The SMILES string of the molecule is COc1ccc(C(=O)C(C2C([N+](=O)[O-])=CC(=[N+]([O-])[O-])c3[nH]o[n+](=O)c32)[S+](C)C)cc1. The number of carbonyl (C=O) groups excluding carboxylic acids is 1. The van der Waals surface area contributed by atoms with Crippen LogP contribution in [-0.2, 0) is 10.9 Å². The predicted molar refractivity (Wildman–Crippen MR) is 106 cm³/mol. The predicted octanol–water partition coefficient (Wildman–Crippen LogP) is 0.715. The number of aromatic nitrogens is 2. The van der Waals surface area contributed by atoms with Crippen LogP contribution in [0.4, 0.5) is 0 Å². The smallest absolute Gasteiger partial charge is 0.289 e. The fraction of sp³-hybridized carbons (Fsp3) is 0.294. The molecule has 3 rings (SSSR count). The molecule has 13 heteroatoms. The standard InChI is InChI=1S/C17H17N4O8S/c1-28-10-6-4-9(5-7-10)16(22)17(30(2)3)13-11(19(23)24)8-12(20(25)26)14-15(13)21(27)29-18-14/h4-8,13,17H,1-3H3,(H-,18,25,26,27)/q+1. The van der Waals surface area contributed by atoms with Gasteiger partial charge in [0.2, 0.25) is 11.0 Å². The highest BCUT2D eigenvalue weighted by Gasteiger charge is 2.56. The van der Waals surface area contributed by atoms with Crippen molar-refractivity contribution in [3.05, 3.63) is 78.4 Å². The number of nitrogens with one attached hydrogen (secondary N) is 1. The maximum atomic E-state index is 13.3. The van der Waals surface area contributed by atoms with Gasteiger partial charge >= 0.3 is 0 Å². The van der Waals surface area contributed by atoms with E-state index in [1.165, 1.54) is 19.2 Å². The molecule has 1 heterocycles. The van der Waals surface area contributed by atoms with Gasteiger partial charge in [-0.3, -0.25) is 14.9 Å². The van der Waals surface area contributed by atoms with Gasteiger partial charge in [-0.2, -0.15) is 4.90 Å². The molecule has 1 aromatic heterocycles. The van der Waals surface area contributed by atoms with E-state index >= 15 is 0 Å². The van der Waals surface area contributed by atoms with Gasteiger partial charge in [0.25, 0.3) is 22.8 Å². The average Bonchev–Trinajstić information content (AvgIpc) is 3.09. The van der Waals surface area contributed by atoms with Crippen molar-refractivity contribution in [2.24, 2.45) is 0 Å². The van der Waals surface area contributed by atoms with E-state index in [4.69, 9.17) is 4.74 Å². The van der Waals surface area contributed by atoms with E-state index in [2.05, 4.69) is 9.79 Å². The Morgan fingerprint density at radius 1 is 1.27 bits per heavy atom. The lowest BCUT2D eigenvalue weighted by atomic mass is 9.86. The largest absolute Gasteiger partial charge is 0.612 e. The van der Waals surface area contributed by atoms with Gasteiger partial charge in [-0.05, 0) is 40.1 Å². The van der Waals surface area contributed by atoms with Crippen LogP contribution >= 0.6 is 0 Å². The first-order chi connectivity index (χ1) is 14.2. The lowest BCUT2D eigenvalue weighted by Gasteiger charge is -2.20. The molecule has 2 aromatic rings. The van der Waals surface area contributed by atoms with Crippen LogP contribution in [-0.4, -0.2) is 51.3 Å². The summed E-state index contributed by atoms with van der Waals surface area (Å²) in [6.07, 6.45) is 4.17. The van der Waals surface area contributed by atoms with Crippen LogP contribution in [0.2, 0.25) is 0 Å². The third kappa shape index (κ3) is 3.54. The molecule has 0 spiro atoms. The lowest BCUT2D eigenvalue weighted by molar-refractivity contribution is -0.720. The van der Waals surface area contributed by atoms with Gasteiger partial charge in [-0.25, -0.2) is 0 Å². The van der Waals surface area contributed by atoms with Crippen LogP contribution in [0.1, 0.15) is 27.7 Å². The summed E-state index contributed by atoms with van der Waals surface area (Å²) < 4.78 is 9.65. The summed E-state index contributed by atoms with van der Waals surface area (Å²) in [7, 11) is 0.710. The molecule has 0 bridgehead atoms. The summed E-state index contributed by atoms with van der Waals surface area (Å²) in [4.78, 5) is 35.7. The molecule has 0 saturated heterocycles. The molecule has 2 atom stereocenters. The van der Waals surface area contributed by atoms with Gasteiger partial charge in [0.05, 0.1) is 30.6 Å². The number of nitro groups is 1. The van der Waals surface area contributed by atoms with Crippen LogP contribution in [0.3, 0.4) is 0 Å². The number of rotatable bonds is 6. The number of aromatic amines is 1. The van der Waals surface area contributed by atoms with E-state index in [0.29, 0.717) is 5.75 Å². The first-order valence-corrected chi connectivity index (χ1v) is 10.5. The highest BCUT2D eigenvalue weighted by atomic mass is 32.2. The van der Waals surface area contributed by atoms with Gasteiger partial charge in [-0.1, -0.05) is 9.79 Å². The minimum absolute atomic E-state index is 0.0544. The van der Waals surface area contributed by atoms with Crippen LogP contribution < -0.4 is 9.34 Å². The second kappa shape index (κ2) is 8.02. The lowest BCUT2D eigenvalue weighted by Crippen LogP contribution is -2.43. The van der Waals surface area contributed by atoms with Gasteiger partial charge in [0.1, 0.15) is 5.75 Å². The van der Waals surface area contributed by atoms with E-state index < -0.39 is 49.1 Å². The summed E-state index contributed by atoms with van der Waals surface area (Å²) in [6, 6.07) is 6.17. The Labute approximate surface area is 171 Å². The molecule has 30 heavy (non-hydrogen) atoms. The van der Waals surface area contributed by atoms with E-state index in [9.17, 15) is 30.2 Å². The van der Waals surface area contributed by atoms with Crippen LogP contribution in [0.5, 0.6) is 5.75 Å². The maximum Gasteiger partial charge on any atom is 0.289 e. The molecule has 2 unspecified atom stereocenters. The van der Waals surface area contributed by atoms with E-state index in [0.717, 1.165) is 6.08 Å². The van der Waals surface area contributed by atoms with Crippen molar-refractivity contribution in [1.29, 1.82) is 0 Å². The van der Waals surface area contributed by atoms with Crippen molar-refractivity contribution < 1.29 is 28.6 Å². The topological polar surface area (TPSA) is 170 Å². The number of methoxy groups -OCH3 is 1. The molecule has 1 aliphatic rings. The monoisotopic (exact) mass is 437 g/mol. The second-order valence-electron chi connectivity index (χ2n) is 6.55. The minimum atomic E-state index is -1.35. The number of fused-ring (bicyclic) bond motifs is 1. The van der Waals surface area contributed by atoms with Gasteiger partial charge in [0.15, 0.2) is 10.5 Å². The minimum Gasteiger partial charge on any atom is -0.612 e. The number of H-pyrrole nitrogens is 1. The molecule has 12 nitrogen and oxygen atoms in total. The fourth-order valence-corrected chi connectivity index (χ4v) is 4.72. The third-order valence-electron chi connectivity index (χ3n) is 4.69. The first-order valence-electron chi connectivity index (χ1n) is 8.44. The number of nitrogens with zero attached hydrogens (tertiary/aromatic N) is 3. The van der Waals surface area contributed by atoms with Crippen molar-refractivity contribution in [1.82, 2.24) is 5.16 Å². The average molecular weight is 437 g/mol. The molecule has 0 amide bonds. The Balaban J connectivity index is 2.21. The Bertz CT molecular complexity index is 1110. The van der Waals surface area contributed by atoms with E-state index in [1.807, 2.05) is 0 Å². The molecule has 158 valence electrons. The summed E-state index contributed by atoms with van der Waals surface area (Å²) >= 11 is 0. The molecule has 1 N–H and O–H groups in total. The fourth-order valence-electron chi connectivity index (χ4n) is 3.34. The molecule has 0 aliphatic heterocycles. The zero-order valence-electron chi connectivity index (χ0n) is 16.1. The highest BCUT2D eigenvalue weighted by Crippen LogP contribution is 2.37. The molecule has 0 radical (unpaired) electrons. The molecule has 1 aromatic carbocycles. The Morgan fingerprint density at radius 3 is 2.40 bits per heavy atom. The number of Topliss-reactive ketones (excluding diaryl/α,β-unsaturated/α-hetero) is 1. The number of ketones is 1. The first kappa shape index (κ1) is 21.1. The summed E-state index contributed by atoms with van der Waals surface area (Å²) in [6.45, 7) is 0. The van der Waals surface area contributed by atoms with Crippen LogP contribution in [0.15, 0.2) is 40.7 Å². The molecule has 0 saturated carbocycles. The van der Waals surface area contributed by atoms with Crippen LogP contribution in [0, 0.1) is 25.4 Å². The van der Waals surface area contributed by atoms with Gasteiger partial charge in [-0.15, -0.1) is 0 Å². The molecule has 1 aliphatic carbocycles. The number of allylic oxidation sites excluding steroid dienone is 2. The highest BCUT2D eigenvalue weighted by molar-refractivity contribution is 7.96. The van der Waals surface area contributed by atoms with Crippen molar-refractivity contribution in [3.63, 3.8) is 0 Å². The summed E-state index contributed by atoms with van der Waals surface area (Å²) in [5.41, 5.74) is -1.72. The molecular formula is C17H17N4O8S+. The number of hydrogen-bond acceptors (Lipinski definition) is 8. The molecular weight excluding hydrogens is 420 g/mol. The zero-order chi connectivity index (χ0) is 22.2. The number of hydrogen-bond donors (Lipinski definition) is 1. The number of carbonyl (C=O) groups is 1. The Kier molecular flexibility index (Phi) is 5.64. The van der Waals surface area contributed by atoms with Crippen molar-refractivity contribution in [3.8, 4) is 5.75 Å². The number of benzene rings is 1. The maximum absolute atomic E-state index is 13.3. The van der Waals surface area contributed by atoms with E-state index in [-0.39, 0.29) is 21.6 Å². The van der Waals surface area contributed by atoms with Gasteiger partial charge < -0.3 is 15.2 Å². The summed E-state index contributed by atoms with van der Waals surface area (Å²) in [5, 5.41) is 35.6. The normalized spacial score (nSPS) is 16.6. The van der Waals surface area contributed by atoms with Crippen molar-refractivity contribution >= 4 is 22.4 Å². The van der Waals surface area contributed by atoms with E-state index in [1.54, 1.807) is 24.6 Å². The van der Waals surface area contributed by atoms with Crippen molar-refractivity contribution in [2.75, 3.05) is 19.6 Å². The zero-order valence-corrected chi connectivity index (χ0v) is 16.9. The Morgan fingerprint density at radius 2 is 1.90 bits per heavy atom. The van der Waals surface area contributed by atoms with Crippen molar-refractivity contribution in [2.45, 2.75) is 11.2 Å². The second-order valence-corrected chi connectivity index (χ2v) is 8.82. The van der Waals surface area contributed by atoms with Gasteiger partial charge in [0, 0.05) is 5.56 Å². The number of ether oxygens (including phenoxy) is 1. The van der Waals surface area contributed by atoms with Crippen LogP contribution in [0.25, 0.3) is 0 Å². The molecule has 0 fully saturated rings.